The molecule has 3 rings (SSSR count). The highest BCUT2D eigenvalue weighted by molar-refractivity contribution is 6.01. The normalized spacial score (nSPS) is 15.1. The third kappa shape index (κ3) is 5.13. The molecule has 1 aliphatic rings. The van der Waals surface area contributed by atoms with Gasteiger partial charge in [-0.05, 0) is 54.7 Å². The quantitative estimate of drug-likeness (QED) is 0.493. The van der Waals surface area contributed by atoms with Gasteiger partial charge in [0.2, 0.25) is 5.91 Å². The number of benzene rings is 1. The molecule has 7 heteroatoms. The second kappa shape index (κ2) is 8.44. The van der Waals surface area contributed by atoms with Crippen LogP contribution in [0.5, 0.6) is 0 Å². The lowest BCUT2D eigenvalue weighted by atomic mass is 9.99. The van der Waals surface area contributed by atoms with Gasteiger partial charge in [-0.3, -0.25) is 14.9 Å². The molecule has 1 amide bonds. The molecule has 0 spiro atoms. The lowest BCUT2D eigenvalue weighted by Gasteiger charge is -2.31. The molecule has 0 atom stereocenters. The number of aromatic nitrogens is 1. The zero-order valence-electron chi connectivity index (χ0n) is 15.2. The minimum atomic E-state index is -0.457. The summed E-state index contributed by atoms with van der Waals surface area (Å²) < 4.78 is 0. The van der Waals surface area contributed by atoms with Crippen molar-refractivity contribution in [3.63, 3.8) is 0 Å². The van der Waals surface area contributed by atoms with E-state index in [2.05, 4.69) is 22.1 Å². The van der Waals surface area contributed by atoms with Crippen LogP contribution >= 0.6 is 0 Å². The summed E-state index contributed by atoms with van der Waals surface area (Å²) in [7, 11) is 0. The van der Waals surface area contributed by atoms with Crippen LogP contribution in [0.2, 0.25) is 0 Å². The molecule has 1 aliphatic heterocycles. The van der Waals surface area contributed by atoms with E-state index in [0.29, 0.717) is 11.3 Å². The summed E-state index contributed by atoms with van der Waals surface area (Å²) >= 11 is 0. The Hall–Kier alpha value is -3.22. The number of nitrogens with zero attached hydrogens (tertiary/aromatic N) is 3. The molecule has 7 nitrogen and oxygen atoms in total. The van der Waals surface area contributed by atoms with Crippen LogP contribution in [0.3, 0.4) is 0 Å². The Morgan fingerprint density at radius 3 is 2.52 bits per heavy atom. The van der Waals surface area contributed by atoms with Gasteiger partial charge >= 0.3 is 0 Å². The maximum Gasteiger partial charge on any atom is 0.269 e. The zero-order chi connectivity index (χ0) is 19.2. The van der Waals surface area contributed by atoms with E-state index in [1.54, 1.807) is 24.4 Å². The van der Waals surface area contributed by atoms with Crippen LogP contribution in [0, 0.1) is 16.0 Å². The van der Waals surface area contributed by atoms with Gasteiger partial charge in [0.25, 0.3) is 5.69 Å². The number of nitro groups is 1. The number of pyridine rings is 1. The van der Waals surface area contributed by atoms with E-state index in [-0.39, 0.29) is 11.6 Å². The SMILES string of the molecule is CC1CCN(c2ccc(NC(=O)/C=C/c3ccc([N+](=O)[O-])cc3)cn2)CC1. The fourth-order valence-electron chi connectivity index (χ4n) is 2.95. The smallest absolute Gasteiger partial charge is 0.269 e. The van der Waals surface area contributed by atoms with Gasteiger partial charge < -0.3 is 10.2 Å². The summed E-state index contributed by atoms with van der Waals surface area (Å²) in [6.45, 7) is 4.29. The Morgan fingerprint density at radius 1 is 1.22 bits per heavy atom. The van der Waals surface area contributed by atoms with Gasteiger partial charge in [-0.2, -0.15) is 0 Å². The number of rotatable bonds is 5. The van der Waals surface area contributed by atoms with Crippen LogP contribution in [0.1, 0.15) is 25.3 Å². The van der Waals surface area contributed by atoms with Crippen molar-refractivity contribution in [2.24, 2.45) is 5.92 Å². The fourth-order valence-corrected chi connectivity index (χ4v) is 2.95. The summed E-state index contributed by atoms with van der Waals surface area (Å²) in [4.78, 5) is 28.9. The van der Waals surface area contributed by atoms with Gasteiger partial charge in [0.15, 0.2) is 0 Å². The van der Waals surface area contributed by atoms with Gasteiger partial charge in [-0.15, -0.1) is 0 Å². The molecule has 0 radical (unpaired) electrons. The first-order valence-electron chi connectivity index (χ1n) is 8.96. The monoisotopic (exact) mass is 366 g/mol. The van der Waals surface area contributed by atoms with Crippen LogP contribution in [0.25, 0.3) is 6.08 Å². The van der Waals surface area contributed by atoms with Crippen LogP contribution in [-0.2, 0) is 4.79 Å². The molecule has 0 saturated carbocycles. The molecular weight excluding hydrogens is 344 g/mol. The molecule has 1 saturated heterocycles. The number of nitrogens with one attached hydrogen (secondary N) is 1. The molecule has 140 valence electrons. The first-order valence-corrected chi connectivity index (χ1v) is 8.96. The summed E-state index contributed by atoms with van der Waals surface area (Å²) in [6, 6.07) is 9.77. The van der Waals surface area contributed by atoms with E-state index in [0.717, 1.165) is 24.8 Å². The fraction of sp³-hybridized carbons (Fsp3) is 0.300. The molecule has 0 unspecified atom stereocenters. The van der Waals surface area contributed by atoms with Gasteiger partial charge in [0.05, 0.1) is 16.8 Å². The highest BCUT2D eigenvalue weighted by atomic mass is 16.6. The average molecular weight is 366 g/mol. The van der Waals surface area contributed by atoms with E-state index in [4.69, 9.17) is 0 Å². The van der Waals surface area contributed by atoms with E-state index in [9.17, 15) is 14.9 Å². The third-order valence-corrected chi connectivity index (χ3v) is 4.65. The molecule has 0 bridgehead atoms. The Balaban J connectivity index is 1.55. The van der Waals surface area contributed by atoms with Gasteiger partial charge in [-0.25, -0.2) is 4.98 Å². The molecule has 1 aromatic carbocycles. The lowest BCUT2D eigenvalue weighted by Crippen LogP contribution is -2.33. The first-order chi connectivity index (χ1) is 13.0. The largest absolute Gasteiger partial charge is 0.357 e. The van der Waals surface area contributed by atoms with E-state index in [1.807, 2.05) is 12.1 Å². The van der Waals surface area contributed by atoms with Crippen molar-refractivity contribution in [1.82, 2.24) is 4.98 Å². The predicted molar refractivity (Wildman–Crippen MR) is 106 cm³/mol. The number of carbonyl (C=O) groups excluding carboxylic acids is 1. The number of piperidine rings is 1. The van der Waals surface area contributed by atoms with Crippen molar-refractivity contribution in [3.8, 4) is 0 Å². The molecule has 2 heterocycles. The summed E-state index contributed by atoms with van der Waals surface area (Å²) in [5, 5.41) is 13.4. The van der Waals surface area contributed by atoms with Crippen molar-refractivity contribution in [3.05, 3.63) is 64.3 Å². The predicted octanol–water partition coefficient (Wildman–Crippen LogP) is 3.88. The van der Waals surface area contributed by atoms with Crippen LogP contribution < -0.4 is 10.2 Å². The van der Waals surface area contributed by atoms with E-state index < -0.39 is 4.92 Å². The van der Waals surface area contributed by atoms with Crippen LogP contribution in [-0.4, -0.2) is 28.9 Å². The third-order valence-electron chi connectivity index (χ3n) is 4.65. The molecule has 2 aromatic rings. The number of non-ortho nitro benzene ring substituents is 1. The van der Waals surface area contributed by atoms with Crippen molar-refractivity contribution in [1.29, 1.82) is 0 Å². The Morgan fingerprint density at radius 2 is 1.93 bits per heavy atom. The van der Waals surface area contributed by atoms with Crippen LogP contribution in [0.4, 0.5) is 17.2 Å². The van der Waals surface area contributed by atoms with Gasteiger partial charge in [-0.1, -0.05) is 6.92 Å². The number of anilines is 2. The molecule has 1 N–H and O–H groups in total. The van der Waals surface area contributed by atoms with E-state index in [1.165, 1.54) is 31.1 Å². The number of hydrogen-bond acceptors (Lipinski definition) is 5. The maximum absolute atomic E-state index is 12.0. The number of nitro benzene ring substituents is 1. The molecule has 1 fully saturated rings. The second-order valence-electron chi connectivity index (χ2n) is 6.75. The second-order valence-corrected chi connectivity index (χ2v) is 6.75. The Labute approximate surface area is 157 Å². The average Bonchev–Trinajstić information content (AvgIpc) is 2.68. The Bertz CT molecular complexity index is 823. The molecule has 1 aromatic heterocycles. The maximum atomic E-state index is 12.0. The topological polar surface area (TPSA) is 88.4 Å². The van der Waals surface area contributed by atoms with Crippen molar-refractivity contribution >= 4 is 29.2 Å². The molecule has 27 heavy (non-hydrogen) atoms. The van der Waals surface area contributed by atoms with Crippen LogP contribution in [0.15, 0.2) is 48.7 Å². The summed E-state index contributed by atoms with van der Waals surface area (Å²) in [6.07, 6.45) is 7.00. The first kappa shape index (κ1) is 18.6. The lowest BCUT2D eigenvalue weighted by molar-refractivity contribution is -0.384. The van der Waals surface area contributed by atoms with Gasteiger partial charge in [0.1, 0.15) is 5.82 Å². The van der Waals surface area contributed by atoms with Crippen molar-refractivity contribution in [2.45, 2.75) is 19.8 Å². The zero-order valence-corrected chi connectivity index (χ0v) is 15.2. The van der Waals surface area contributed by atoms with Crippen molar-refractivity contribution < 1.29 is 9.72 Å². The van der Waals surface area contributed by atoms with Crippen molar-refractivity contribution in [2.75, 3.05) is 23.3 Å². The summed E-state index contributed by atoms with van der Waals surface area (Å²) in [5.74, 6) is 1.42. The standard InChI is InChI=1S/C20H22N4O3/c1-15-10-12-23(13-11-15)19-8-5-17(14-21-19)22-20(25)9-4-16-2-6-18(7-3-16)24(26)27/h2-9,14-15H,10-13H2,1H3,(H,22,25)/b9-4+. The Kier molecular flexibility index (Phi) is 5.80. The van der Waals surface area contributed by atoms with E-state index >= 15 is 0 Å². The summed E-state index contributed by atoms with van der Waals surface area (Å²) in [5.41, 5.74) is 1.36. The molecular formula is C20H22N4O3. The highest BCUT2D eigenvalue weighted by Crippen LogP contribution is 2.22. The number of carbonyl (C=O) groups is 1. The minimum Gasteiger partial charge on any atom is -0.357 e. The van der Waals surface area contributed by atoms with Gasteiger partial charge in [0, 0.05) is 31.3 Å². The molecule has 0 aliphatic carbocycles. The minimum absolute atomic E-state index is 0.0194. The number of amides is 1. The highest BCUT2D eigenvalue weighted by Gasteiger charge is 2.16. The number of hydrogen-bond donors (Lipinski definition) is 1.